The molecule has 1 aliphatic heterocycles. The van der Waals surface area contributed by atoms with Gasteiger partial charge in [0.1, 0.15) is 0 Å². The van der Waals surface area contributed by atoms with Gasteiger partial charge in [0.2, 0.25) is 11.7 Å². The van der Waals surface area contributed by atoms with Crippen molar-refractivity contribution in [1.82, 2.24) is 19.3 Å². The third kappa shape index (κ3) is 3.11. The molecule has 25 heavy (non-hydrogen) atoms. The van der Waals surface area contributed by atoms with Gasteiger partial charge in [-0.2, -0.15) is 0 Å². The number of piperidine rings is 1. The van der Waals surface area contributed by atoms with E-state index in [9.17, 15) is 9.59 Å². The maximum absolute atomic E-state index is 12.9. The second kappa shape index (κ2) is 6.48. The van der Waals surface area contributed by atoms with Crippen LogP contribution >= 0.6 is 11.3 Å². The number of carbonyl (C=O) groups is 1. The van der Waals surface area contributed by atoms with E-state index >= 15 is 0 Å². The number of hydrogen-bond donors (Lipinski definition) is 1. The van der Waals surface area contributed by atoms with Gasteiger partial charge in [0, 0.05) is 40.5 Å². The number of likely N-dealkylation sites (tertiary alicyclic amines) is 1. The predicted molar refractivity (Wildman–Crippen MR) is 96.9 cm³/mol. The number of nitrogens with zero attached hydrogens (tertiary/aromatic N) is 3. The van der Waals surface area contributed by atoms with Crippen LogP contribution in [0.15, 0.2) is 35.4 Å². The van der Waals surface area contributed by atoms with Gasteiger partial charge in [-0.25, -0.2) is 4.98 Å². The Balaban J connectivity index is 1.63. The fourth-order valence-electron chi connectivity index (χ4n) is 3.51. The molecule has 1 atom stereocenters. The monoisotopic (exact) mass is 356 g/mol. The molecular formula is C18H20N4O2S. The average molecular weight is 356 g/mol. The molecular weight excluding hydrogens is 336 g/mol. The van der Waals surface area contributed by atoms with Crippen LogP contribution in [0, 0.1) is 6.92 Å². The standard InChI is InChI=1S/C18H20N4O2S/c1-12-5-6-13(25-12)10-16(23)21-8-3-2-4-15(21)14-11-17(24)22-9-7-19-18(22)20-14/h5-7,9,11,15H,2-4,8,10H2,1H3,(H,19,20)/t15-/m0/s1. The van der Waals surface area contributed by atoms with E-state index in [1.807, 2.05) is 24.0 Å². The van der Waals surface area contributed by atoms with Crippen molar-refractivity contribution in [2.24, 2.45) is 0 Å². The summed E-state index contributed by atoms with van der Waals surface area (Å²) in [4.78, 5) is 36.8. The topological polar surface area (TPSA) is 70.5 Å². The highest BCUT2D eigenvalue weighted by Crippen LogP contribution is 2.30. The molecule has 0 saturated carbocycles. The lowest BCUT2D eigenvalue weighted by molar-refractivity contribution is -0.134. The van der Waals surface area contributed by atoms with Crippen molar-refractivity contribution in [3.05, 3.63) is 56.4 Å². The van der Waals surface area contributed by atoms with Crippen molar-refractivity contribution in [3.63, 3.8) is 0 Å². The van der Waals surface area contributed by atoms with Crippen molar-refractivity contribution in [2.75, 3.05) is 6.54 Å². The minimum atomic E-state index is -0.117. The smallest absolute Gasteiger partial charge is 0.259 e. The highest BCUT2D eigenvalue weighted by atomic mass is 32.1. The molecule has 1 amide bonds. The molecule has 7 heteroatoms. The largest absolute Gasteiger partial charge is 0.334 e. The Labute approximate surface area is 149 Å². The molecule has 0 unspecified atom stereocenters. The molecule has 4 rings (SSSR count). The summed E-state index contributed by atoms with van der Waals surface area (Å²) in [5, 5.41) is 0. The number of aromatic nitrogens is 3. The molecule has 1 saturated heterocycles. The number of H-pyrrole nitrogens is 1. The van der Waals surface area contributed by atoms with E-state index in [-0.39, 0.29) is 17.5 Å². The lowest BCUT2D eigenvalue weighted by Gasteiger charge is -2.35. The summed E-state index contributed by atoms with van der Waals surface area (Å²) in [5.41, 5.74) is 0.659. The van der Waals surface area contributed by atoms with Crippen LogP contribution in [-0.4, -0.2) is 31.7 Å². The van der Waals surface area contributed by atoms with Crippen LogP contribution in [-0.2, 0) is 11.2 Å². The summed E-state index contributed by atoms with van der Waals surface area (Å²) in [7, 11) is 0. The highest BCUT2D eigenvalue weighted by Gasteiger charge is 2.29. The van der Waals surface area contributed by atoms with Crippen molar-refractivity contribution < 1.29 is 4.79 Å². The van der Waals surface area contributed by atoms with Gasteiger partial charge in [0.05, 0.1) is 12.5 Å². The number of imidazole rings is 1. The number of amides is 1. The van der Waals surface area contributed by atoms with Gasteiger partial charge in [0.15, 0.2) is 0 Å². The van der Waals surface area contributed by atoms with Gasteiger partial charge in [0.25, 0.3) is 5.56 Å². The first-order valence-corrected chi connectivity index (χ1v) is 9.34. The van der Waals surface area contributed by atoms with Gasteiger partial charge in [-0.1, -0.05) is 0 Å². The number of hydrogen-bond acceptors (Lipinski definition) is 4. The third-order valence-corrected chi connectivity index (χ3v) is 5.72. The Morgan fingerprint density at radius 3 is 3.08 bits per heavy atom. The summed E-state index contributed by atoms with van der Waals surface area (Å²) in [6.45, 7) is 2.78. The molecule has 1 aliphatic rings. The fraction of sp³-hybridized carbons (Fsp3) is 0.389. The molecule has 0 aliphatic carbocycles. The summed E-state index contributed by atoms with van der Waals surface area (Å²) in [5.74, 6) is 0.643. The quantitative estimate of drug-likeness (QED) is 0.784. The Morgan fingerprint density at radius 1 is 1.40 bits per heavy atom. The van der Waals surface area contributed by atoms with Crippen LogP contribution in [0.2, 0.25) is 0 Å². The molecule has 3 aromatic rings. The zero-order valence-corrected chi connectivity index (χ0v) is 14.9. The Hall–Kier alpha value is -2.41. The van der Waals surface area contributed by atoms with E-state index in [0.29, 0.717) is 12.2 Å². The minimum absolute atomic E-state index is 0.0864. The van der Waals surface area contributed by atoms with E-state index in [1.54, 1.807) is 29.8 Å². The van der Waals surface area contributed by atoms with Crippen LogP contribution < -0.4 is 5.56 Å². The first kappa shape index (κ1) is 16.1. The number of aromatic amines is 1. The SMILES string of the molecule is Cc1ccc(CC(=O)N2CCCC[C@H]2c2cc(=O)n3ccnc3[nH]2)s1. The van der Waals surface area contributed by atoms with Gasteiger partial charge >= 0.3 is 0 Å². The number of aryl methyl sites for hydroxylation is 1. The van der Waals surface area contributed by atoms with Gasteiger partial charge in [-0.15, -0.1) is 11.3 Å². The number of carbonyl (C=O) groups excluding carboxylic acids is 1. The van der Waals surface area contributed by atoms with Crippen molar-refractivity contribution in [1.29, 1.82) is 0 Å². The van der Waals surface area contributed by atoms with Crippen LogP contribution in [0.3, 0.4) is 0 Å². The van der Waals surface area contributed by atoms with Crippen LogP contribution in [0.5, 0.6) is 0 Å². The lowest BCUT2D eigenvalue weighted by atomic mass is 9.98. The molecule has 0 bridgehead atoms. The molecule has 1 fully saturated rings. The molecule has 3 aromatic heterocycles. The maximum atomic E-state index is 12.9. The molecule has 130 valence electrons. The average Bonchev–Trinajstić information content (AvgIpc) is 3.24. The number of fused-ring (bicyclic) bond motifs is 1. The van der Waals surface area contributed by atoms with Crippen LogP contribution in [0.25, 0.3) is 5.78 Å². The van der Waals surface area contributed by atoms with Gasteiger partial charge < -0.3 is 9.88 Å². The molecule has 0 radical (unpaired) electrons. The van der Waals surface area contributed by atoms with Crippen molar-refractivity contribution in [2.45, 2.75) is 38.6 Å². The summed E-state index contributed by atoms with van der Waals surface area (Å²) in [6.07, 6.45) is 6.57. The van der Waals surface area contributed by atoms with Crippen LogP contribution in [0.1, 0.15) is 40.8 Å². The Kier molecular flexibility index (Phi) is 4.17. The maximum Gasteiger partial charge on any atom is 0.259 e. The van der Waals surface area contributed by atoms with E-state index in [4.69, 9.17) is 0 Å². The zero-order valence-electron chi connectivity index (χ0n) is 14.1. The predicted octanol–water partition coefficient (Wildman–Crippen LogP) is 2.69. The zero-order chi connectivity index (χ0) is 17.4. The number of rotatable bonds is 3. The molecule has 0 aromatic carbocycles. The second-order valence-corrected chi connectivity index (χ2v) is 7.84. The van der Waals surface area contributed by atoms with Crippen molar-refractivity contribution >= 4 is 23.0 Å². The molecule has 0 spiro atoms. The van der Waals surface area contributed by atoms with E-state index in [2.05, 4.69) is 9.97 Å². The Morgan fingerprint density at radius 2 is 2.28 bits per heavy atom. The van der Waals surface area contributed by atoms with E-state index in [1.165, 1.54) is 9.28 Å². The van der Waals surface area contributed by atoms with Gasteiger partial charge in [-0.05, 0) is 38.3 Å². The summed E-state index contributed by atoms with van der Waals surface area (Å²) in [6, 6.07) is 5.58. The fourth-order valence-corrected chi connectivity index (χ4v) is 4.39. The summed E-state index contributed by atoms with van der Waals surface area (Å²) < 4.78 is 1.48. The number of nitrogens with one attached hydrogen (secondary N) is 1. The molecule has 6 nitrogen and oxygen atoms in total. The van der Waals surface area contributed by atoms with E-state index in [0.717, 1.165) is 36.4 Å². The Bertz CT molecular complexity index is 971. The third-order valence-electron chi connectivity index (χ3n) is 4.72. The minimum Gasteiger partial charge on any atom is -0.334 e. The molecule has 1 N–H and O–H groups in total. The first-order chi connectivity index (χ1) is 12.1. The first-order valence-electron chi connectivity index (χ1n) is 8.53. The second-order valence-electron chi connectivity index (χ2n) is 6.47. The van der Waals surface area contributed by atoms with Gasteiger partial charge in [-0.3, -0.25) is 14.0 Å². The van der Waals surface area contributed by atoms with Crippen LogP contribution in [0.4, 0.5) is 0 Å². The highest BCUT2D eigenvalue weighted by molar-refractivity contribution is 7.12. The normalized spacial score (nSPS) is 18.0. The molecule has 4 heterocycles. The van der Waals surface area contributed by atoms with E-state index < -0.39 is 0 Å². The summed E-state index contributed by atoms with van der Waals surface area (Å²) >= 11 is 1.66. The van der Waals surface area contributed by atoms with Crippen molar-refractivity contribution in [3.8, 4) is 0 Å². The number of thiophene rings is 1. The lowest BCUT2D eigenvalue weighted by Crippen LogP contribution is -2.40.